The van der Waals surface area contributed by atoms with E-state index in [9.17, 15) is 9.18 Å². The Morgan fingerprint density at radius 1 is 1.27 bits per heavy atom. The maximum absolute atomic E-state index is 13.9. The van der Waals surface area contributed by atoms with Crippen LogP contribution in [0.4, 0.5) is 4.39 Å². The van der Waals surface area contributed by atoms with Gasteiger partial charge in [0, 0.05) is 39.8 Å². The Kier molecular flexibility index (Phi) is 8.90. The van der Waals surface area contributed by atoms with Crippen LogP contribution in [0.5, 0.6) is 5.75 Å². The van der Waals surface area contributed by atoms with Crippen LogP contribution < -0.4 is 15.8 Å². The highest BCUT2D eigenvalue weighted by molar-refractivity contribution is 14.0. The highest BCUT2D eigenvalue weighted by Gasteiger charge is 2.20. The summed E-state index contributed by atoms with van der Waals surface area (Å²) in [5, 5.41) is 3.24. The maximum atomic E-state index is 13.9. The summed E-state index contributed by atoms with van der Waals surface area (Å²) in [5.74, 6) is 0.838. The van der Waals surface area contributed by atoms with Gasteiger partial charge in [-0.1, -0.05) is 6.07 Å². The molecular formula is C20H27FIN5O3. The second-order valence-electron chi connectivity index (χ2n) is 6.76. The first-order valence-electron chi connectivity index (χ1n) is 9.39. The number of guanidine groups is 1. The quantitative estimate of drug-likeness (QED) is 0.337. The molecule has 30 heavy (non-hydrogen) atoms. The van der Waals surface area contributed by atoms with Crippen LogP contribution in [0.3, 0.4) is 0 Å². The number of rotatable bonds is 6. The molecule has 2 heterocycles. The average Bonchev–Trinajstić information content (AvgIpc) is 3.19. The fourth-order valence-corrected chi connectivity index (χ4v) is 3.29. The van der Waals surface area contributed by atoms with E-state index < -0.39 is 5.91 Å². The molecule has 1 aromatic heterocycles. The molecule has 1 aromatic carbocycles. The number of nitrogens with one attached hydrogen (secondary N) is 1. The van der Waals surface area contributed by atoms with Gasteiger partial charge in [-0.15, -0.1) is 24.0 Å². The smallest absolute Gasteiger partial charge is 0.284 e. The number of methoxy groups -OCH3 is 1. The summed E-state index contributed by atoms with van der Waals surface area (Å²) < 4.78 is 24.2. The Labute approximate surface area is 192 Å². The Morgan fingerprint density at radius 2 is 2.00 bits per heavy atom. The summed E-state index contributed by atoms with van der Waals surface area (Å²) in [6, 6.07) is 8.34. The maximum Gasteiger partial charge on any atom is 0.284 e. The van der Waals surface area contributed by atoms with Crippen molar-refractivity contribution in [3.63, 3.8) is 0 Å². The first-order valence-corrected chi connectivity index (χ1v) is 9.39. The molecule has 0 radical (unpaired) electrons. The van der Waals surface area contributed by atoms with Crippen molar-refractivity contribution < 1.29 is 18.3 Å². The van der Waals surface area contributed by atoms with E-state index in [1.807, 2.05) is 6.07 Å². The third-order valence-corrected chi connectivity index (χ3v) is 4.83. The molecular weight excluding hydrogens is 504 g/mol. The number of furan rings is 1. The lowest BCUT2D eigenvalue weighted by Gasteiger charge is -2.36. The summed E-state index contributed by atoms with van der Waals surface area (Å²) in [7, 11) is 3.19. The topological polar surface area (TPSA) is 96.3 Å². The minimum atomic E-state index is -0.589. The standard InChI is InChI=1S/C20H26FN5O3.HI/c1-23-20(24-12-15-4-6-18(29-15)19(22)27)26-9-7-25(8-10-26)13-14-3-5-17(28-2)16(21)11-14;/h3-6,11H,7-10,12-13H2,1-2H3,(H2,22,27)(H,23,24);1H. The van der Waals surface area contributed by atoms with E-state index in [1.165, 1.54) is 13.2 Å². The van der Waals surface area contributed by atoms with Crippen LogP contribution in [-0.4, -0.2) is 62.0 Å². The Balaban J connectivity index is 0.00000320. The summed E-state index contributed by atoms with van der Waals surface area (Å²) in [6.07, 6.45) is 0. The highest BCUT2D eigenvalue weighted by Crippen LogP contribution is 2.19. The molecule has 1 saturated heterocycles. The third kappa shape index (κ3) is 6.08. The van der Waals surface area contributed by atoms with Gasteiger partial charge in [-0.2, -0.15) is 0 Å². The van der Waals surface area contributed by atoms with Gasteiger partial charge in [0.05, 0.1) is 13.7 Å². The van der Waals surface area contributed by atoms with Gasteiger partial charge in [-0.3, -0.25) is 14.7 Å². The fraction of sp³-hybridized carbons (Fsp3) is 0.400. The molecule has 3 N–H and O–H groups in total. The molecule has 10 heteroatoms. The average molecular weight is 531 g/mol. The van der Waals surface area contributed by atoms with E-state index in [4.69, 9.17) is 14.9 Å². The lowest BCUT2D eigenvalue weighted by molar-refractivity contribution is 0.0972. The van der Waals surface area contributed by atoms with E-state index in [2.05, 4.69) is 20.1 Å². The summed E-state index contributed by atoms with van der Waals surface area (Å²) in [6.45, 7) is 4.35. The number of aliphatic imine (C=N–C) groups is 1. The number of halogens is 2. The largest absolute Gasteiger partial charge is 0.494 e. The van der Waals surface area contributed by atoms with Crippen LogP contribution in [0.25, 0.3) is 0 Å². The van der Waals surface area contributed by atoms with Crippen LogP contribution in [0.2, 0.25) is 0 Å². The van der Waals surface area contributed by atoms with Crippen LogP contribution in [0.1, 0.15) is 21.9 Å². The molecule has 1 aliphatic heterocycles. The van der Waals surface area contributed by atoms with E-state index in [-0.39, 0.29) is 41.3 Å². The Bertz CT molecular complexity index is 881. The molecule has 0 bridgehead atoms. The van der Waals surface area contributed by atoms with Gasteiger partial charge < -0.3 is 25.1 Å². The zero-order chi connectivity index (χ0) is 20.8. The number of benzene rings is 1. The number of carbonyl (C=O) groups excluding carboxylic acids is 1. The number of ether oxygens (including phenoxy) is 1. The number of piperazine rings is 1. The van der Waals surface area contributed by atoms with E-state index in [1.54, 1.807) is 25.2 Å². The van der Waals surface area contributed by atoms with Crippen LogP contribution in [0.15, 0.2) is 39.7 Å². The summed E-state index contributed by atoms with van der Waals surface area (Å²) >= 11 is 0. The second kappa shape index (κ2) is 11.2. The first-order chi connectivity index (χ1) is 14.0. The van der Waals surface area contributed by atoms with E-state index in [0.29, 0.717) is 18.8 Å². The molecule has 0 unspecified atom stereocenters. The van der Waals surface area contributed by atoms with E-state index in [0.717, 1.165) is 37.7 Å². The summed E-state index contributed by atoms with van der Waals surface area (Å²) in [4.78, 5) is 19.9. The van der Waals surface area contributed by atoms with Crippen molar-refractivity contribution in [3.8, 4) is 5.75 Å². The molecule has 8 nitrogen and oxygen atoms in total. The molecule has 1 amide bonds. The van der Waals surface area contributed by atoms with Crippen LogP contribution in [-0.2, 0) is 13.1 Å². The molecule has 3 rings (SSSR count). The summed E-state index contributed by atoms with van der Waals surface area (Å²) in [5.41, 5.74) is 6.12. The fourth-order valence-electron chi connectivity index (χ4n) is 3.29. The van der Waals surface area contributed by atoms with Gasteiger partial charge in [0.15, 0.2) is 23.3 Å². The van der Waals surface area contributed by atoms with Crippen LogP contribution in [0, 0.1) is 5.82 Å². The molecule has 2 aromatic rings. The van der Waals surface area contributed by atoms with Gasteiger partial charge >= 0.3 is 0 Å². The number of amides is 1. The highest BCUT2D eigenvalue weighted by atomic mass is 127. The Morgan fingerprint density at radius 3 is 2.57 bits per heavy atom. The van der Waals surface area contributed by atoms with Crippen molar-refractivity contribution in [1.29, 1.82) is 0 Å². The van der Waals surface area contributed by atoms with Crippen molar-refractivity contribution in [1.82, 2.24) is 15.1 Å². The molecule has 0 spiro atoms. The first kappa shape index (κ1) is 23.9. The second-order valence-corrected chi connectivity index (χ2v) is 6.76. The SMILES string of the molecule is CN=C(NCc1ccc(C(N)=O)o1)N1CCN(Cc2ccc(OC)c(F)c2)CC1.I. The number of hydrogen-bond acceptors (Lipinski definition) is 5. The zero-order valence-electron chi connectivity index (χ0n) is 17.1. The molecule has 0 atom stereocenters. The van der Waals surface area contributed by atoms with Gasteiger partial charge in [0.2, 0.25) is 0 Å². The minimum absolute atomic E-state index is 0. The molecule has 1 fully saturated rings. The molecule has 164 valence electrons. The Hall–Kier alpha value is -2.34. The zero-order valence-corrected chi connectivity index (χ0v) is 19.4. The van der Waals surface area contributed by atoms with Crippen molar-refractivity contribution in [2.24, 2.45) is 10.7 Å². The van der Waals surface area contributed by atoms with Crippen molar-refractivity contribution >= 4 is 35.8 Å². The number of carbonyl (C=O) groups is 1. The van der Waals surface area contributed by atoms with Gasteiger partial charge in [0.1, 0.15) is 5.76 Å². The third-order valence-electron chi connectivity index (χ3n) is 4.83. The molecule has 0 saturated carbocycles. The predicted molar refractivity (Wildman–Crippen MR) is 123 cm³/mol. The van der Waals surface area contributed by atoms with Gasteiger partial charge in [-0.05, 0) is 29.8 Å². The lowest BCUT2D eigenvalue weighted by Crippen LogP contribution is -2.52. The van der Waals surface area contributed by atoms with Crippen LogP contribution >= 0.6 is 24.0 Å². The number of nitrogens with zero attached hydrogens (tertiary/aromatic N) is 3. The predicted octanol–water partition coefficient (Wildman–Crippen LogP) is 2.04. The van der Waals surface area contributed by atoms with Gasteiger partial charge in [0.25, 0.3) is 5.91 Å². The van der Waals surface area contributed by atoms with E-state index >= 15 is 0 Å². The number of hydrogen-bond donors (Lipinski definition) is 2. The van der Waals surface area contributed by atoms with Crippen molar-refractivity contribution in [2.45, 2.75) is 13.1 Å². The normalized spacial score (nSPS) is 14.9. The van der Waals surface area contributed by atoms with Gasteiger partial charge in [-0.25, -0.2) is 4.39 Å². The van der Waals surface area contributed by atoms with Crippen molar-refractivity contribution in [2.75, 3.05) is 40.3 Å². The number of nitrogens with two attached hydrogens (primary N) is 1. The number of primary amides is 1. The minimum Gasteiger partial charge on any atom is -0.494 e. The molecule has 0 aliphatic carbocycles. The molecule has 1 aliphatic rings. The lowest BCUT2D eigenvalue weighted by atomic mass is 10.2. The monoisotopic (exact) mass is 531 g/mol. The van der Waals surface area contributed by atoms with Crippen molar-refractivity contribution in [3.05, 3.63) is 53.2 Å².